The van der Waals surface area contributed by atoms with Gasteiger partial charge in [0.2, 0.25) is 0 Å². The molecule has 0 heterocycles. The fourth-order valence-corrected chi connectivity index (χ4v) is 3.22. The fraction of sp³-hybridized carbons (Fsp3) is 0.294. The molecule has 0 radical (unpaired) electrons. The van der Waals surface area contributed by atoms with E-state index in [0.717, 1.165) is 10.0 Å². The average Bonchev–Trinajstić information content (AvgIpc) is 2.32. The molecule has 2 aromatic rings. The molecule has 0 aliphatic heterocycles. The molecule has 2 aromatic carbocycles. The second-order valence-electron chi connectivity index (χ2n) is 5.36. The molecule has 0 bridgehead atoms. The van der Waals surface area contributed by atoms with E-state index in [4.69, 9.17) is 5.73 Å². The summed E-state index contributed by atoms with van der Waals surface area (Å²) >= 11 is 3.37. The van der Waals surface area contributed by atoms with Crippen molar-refractivity contribution in [3.8, 4) is 0 Å². The van der Waals surface area contributed by atoms with E-state index in [2.05, 4.69) is 48.8 Å². The Morgan fingerprint density at radius 3 is 2.30 bits per heavy atom. The van der Waals surface area contributed by atoms with Gasteiger partial charge in [-0.05, 0) is 67.6 Å². The summed E-state index contributed by atoms with van der Waals surface area (Å²) in [5, 5.41) is 0. The van der Waals surface area contributed by atoms with E-state index in [0.29, 0.717) is 12.0 Å². The number of hydrogen-bond donors (Lipinski definition) is 1. The summed E-state index contributed by atoms with van der Waals surface area (Å²) < 4.78 is 14.7. The molecule has 0 aromatic heterocycles. The van der Waals surface area contributed by atoms with Crippen molar-refractivity contribution >= 4 is 15.9 Å². The molecule has 1 nitrogen and oxygen atoms in total. The van der Waals surface area contributed by atoms with Crippen molar-refractivity contribution < 1.29 is 4.39 Å². The standard InChI is InChI=1S/C17H19BrFN/c1-10-6-11(2)17(12(3)7-10)16(20)9-13-8-14(18)4-5-15(13)19/h4-8,16H,9,20H2,1-3H3. The van der Waals surface area contributed by atoms with Crippen LogP contribution in [-0.2, 0) is 6.42 Å². The number of rotatable bonds is 3. The molecule has 0 fully saturated rings. The van der Waals surface area contributed by atoms with Gasteiger partial charge in [-0.3, -0.25) is 0 Å². The Morgan fingerprint density at radius 2 is 1.70 bits per heavy atom. The van der Waals surface area contributed by atoms with E-state index in [1.807, 2.05) is 0 Å². The maximum absolute atomic E-state index is 13.8. The van der Waals surface area contributed by atoms with E-state index in [9.17, 15) is 4.39 Å². The third-order valence-electron chi connectivity index (χ3n) is 3.56. The van der Waals surface area contributed by atoms with Crippen LogP contribution in [0.5, 0.6) is 0 Å². The molecule has 1 unspecified atom stereocenters. The average molecular weight is 336 g/mol. The van der Waals surface area contributed by atoms with Gasteiger partial charge < -0.3 is 5.73 Å². The zero-order valence-corrected chi connectivity index (χ0v) is 13.6. The van der Waals surface area contributed by atoms with Gasteiger partial charge in [-0.2, -0.15) is 0 Å². The quantitative estimate of drug-likeness (QED) is 0.860. The van der Waals surface area contributed by atoms with Crippen LogP contribution in [0.4, 0.5) is 4.39 Å². The summed E-state index contributed by atoms with van der Waals surface area (Å²) in [6.07, 6.45) is 0.496. The number of hydrogen-bond acceptors (Lipinski definition) is 1. The molecule has 0 saturated carbocycles. The lowest BCUT2D eigenvalue weighted by molar-refractivity contribution is 0.591. The zero-order valence-electron chi connectivity index (χ0n) is 12.0. The topological polar surface area (TPSA) is 26.0 Å². The van der Waals surface area contributed by atoms with Crippen LogP contribution in [0.1, 0.15) is 33.9 Å². The molecule has 0 spiro atoms. The lowest BCUT2D eigenvalue weighted by Gasteiger charge is -2.19. The number of aryl methyl sites for hydroxylation is 3. The minimum atomic E-state index is -0.203. The van der Waals surface area contributed by atoms with Gasteiger partial charge in [0.05, 0.1) is 0 Å². The highest BCUT2D eigenvalue weighted by Crippen LogP contribution is 2.26. The molecule has 20 heavy (non-hydrogen) atoms. The Morgan fingerprint density at radius 1 is 1.10 bits per heavy atom. The molecule has 0 amide bonds. The highest BCUT2D eigenvalue weighted by atomic mass is 79.9. The van der Waals surface area contributed by atoms with E-state index >= 15 is 0 Å². The summed E-state index contributed by atoms with van der Waals surface area (Å²) in [5.41, 5.74) is 11.7. The van der Waals surface area contributed by atoms with Crippen molar-refractivity contribution in [3.63, 3.8) is 0 Å². The van der Waals surface area contributed by atoms with Gasteiger partial charge in [-0.15, -0.1) is 0 Å². The molecule has 0 aliphatic rings. The van der Waals surface area contributed by atoms with Gasteiger partial charge in [0.25, 0.3) is 0 Å². The van der Waals surface area contributed by atoms with Crippen LogP contribution in [0, 0.1) is 26.6 Å². The predicted octanol–water partition coefficient (Wildman–Crippen LogP) is 4.76. The van der Waals surface area contributed by atoms with Crippen LogP contribution in [-0.4, -0.2) is 0 Å². The minimum absolute atomic E-state index is 0.195. The number of nitrogens with two attached hydrogens (primary N) is 1. The third-order valence-corrected chi connectivity index (χ3v) is 4.05. The van der Waals surface area contributed by atoms with Crippen LogP contribution in [0.2, 0.25) is 0 Å². The van der Waals surface area contributed by atoms with E-state index in [-0.39, 0.29) is 11.9 Å². The first kappa shape index (κ1) is 15.2. The third kappa shape index (κ3) is 3.28. The summed E-state index contributed by atoms with van der Waals surface area (Å²) in [6, 6.07) is 9.03. The molecule has 1 atom stereocenters. The Balaban J connectivity index is 2.33. The summed E-state index contributed by atoms with van der Waals surface area (Å²) in [5.74, 6) is -0.203. The van der Waals surface area contributed by atoms with Crippen molar-refractivity contribution in [1.29, 1.82) is 0 Å². The monoisotopic (exact) mass is 335 g/mol. The van der Waals surface area contributed by atoms with Gasteiger partial charge in [-0.1, -0.05) is 33.6 Å². The maximum Gasteiger partial charge on any atom is 0.126 e. The molecule has 3 heteroatoms. The summed E-state index contributed by atoms with van der Waals surface area (Å²) in [6.45, 7) is 6.20. The normalized spacial score (nSPS) is 12.5. The smallest absolute Gasteiger partial charge is 0.126 e. The minimum Gasteiger partial charge on any atom is -0.324 e. The SMILES string of the molecule is Cc1cc(C)c(C(N)Cc2cc(Br)ccc2F)c(C)c1. The van der Waals surface area contributed by atoms with Gasteiger partial charge in [0, 0.05) is 10.5 Å². The van der Waals surface area contributed by atoms with Gasteiger partial charge >= 0.3 is 0 Å². The largest absolute Gasteiger partial charge is 0.324 e. The lowest BCUT2D eigenvalue weighted by atomic mass is 9.91. The highest BCUT2D eigenvalue weighted by Gasteiger charge is 2.15. The van der Waals surface area contributed by atoms with Crippen molar-refractivity contribution in [2.24, 2.45) is 5.73 Å². The van der Waals surface area contributed by atoms with Gasteiger partial charge in [0.1, 0.15) is 5.82 Å². The molecule has 0 saturated heterocycles. The van der Waals surface area contributed by atoms with E-state index < -0.39 is 0 Å². The first-order chi connectivity index (χ1) is 9.38. The second-order valence-corrected chi connectivity index (χ2v) is 6.27. The molecular weight excluding hydrogens is 317 g/mol. The molecule has 2 N–H and O–H groups in total. The Hall–Kier alpha value is -1.19. The van der Waals surface area contributed by atoms with Gasteiger partial charge in [0.15, 0.2) is 0 Å². The van der Waals surface area contributed by atoms with E-state index in [1.54, 1.807) is 12.1 Å². The van der Waals surface area contributed by atoms with Crippen LogP contribution >= 0.6 is 15.9 Å². The van der Waals surface area contributed by atoms with Crippen molar-refractivity contribution in [3.05, 3.63) is 68.4 Å². The fourth-order valence-electron chi connectivity index (χ4n) is 2.81. The van der Waals surface area contributed by atoms with Crippen molar-refractivity contribution in [2.75, 3.05) is 0 Å². The van der Waals surface area contributed by atoms with Crippen molar-refractivity contribution in [2.45, 2.75) is 33.2 Å². The summed E-state index contributed by atoms with van der Waals surface area (Å²) in [4.78, 5) is 0. The highest BCUT2D eigenvalue weighted by molar-refractivity contribution is 9.10. The first-order valence-corrected chi connectivity index (χ1v) is 7.45. The Bertz CT molecular complexity index is 614. The van der Waals surface area contributed by atoms with Crippen LogP contribution in [0.25, 0.3) is 0 Å². The first-order valence-electron chi connectivity index (χ1n) is 6.65. The maximum atomic E-state index is 13.8. The van der Waals surface area contributed by atoms with Crippen LogP contribution in [0.15, 0.2) is 34.8 Å². The number of halogens is 2. The number of benzene rings is 2. The summed E-state index contributed by atoms with van der Waals surface area (Å²) in [7, 11) is 0. The molecule has 106 valence electrons. The van der Waals surface area contributed by atoms with E-state index in [1.165, 1.54) is 22.8 Å². The predicted molar refractivity (Wildman–Crippen MR) is 85.4 cm³/mol. The van der Waals surface area contributed by atoms with Crippen LogP contribution < -0.4 is 5.73 Å². The molecular formula is C17H19BrFN. The van der Waals surface area contributed by atoms with Crippen molar-refractivity contribution in [1.82, 2.24) is 0 Å². The molecule has 0 aliphatic carbocycles. The second kappa shape index (κ2) is 6.06. The Kier molecular flexibility index (Phi) is 4.61. The Labute approximate surface area is 128 Å². The van der Waals surface area contributed by atoms with Gasteiger partial charge in [-0.25, -0.2) is 4.39 Å². The molecule has 2 rings (SSSR count). The lowest BCUT2D eigenvalue weighted by Crippen LogP contribution is -2.17. The van der Waals surface area contributed by atoms with Crippen LogP contribution in [0.3, 0.4) is 0 Å². The zero-order chi connectivity index (χ0) is 14.9.